The van der Waals surface area contributed by atoms with Gasteiger partial charge < -0.3 is 5.32 Å². The smallest absolute Gasteiger partial charge is 0.229 e. The molecule has 0 aromatic heterocycles. The van der Waals surface area contributed by atoms with Crippen LogP contribution in [0, 0.1) is 29.1 Å². The maximum atomic E-state index is 13.5. The van der Waals surface area contributed by atoms with Gasteiger partial charge in [-0.3, -0.25) is 9.59 Å². The second-order valence-electron chi connectivity index (χ2n) is 4.91. The van der Waals surface area contributed by atoms with E-state index in [2.05, 4.69) is 5.32 Å². The molecule has 2 aromatic carbocycles. The SMILES string of the molecule is CC(=O)c1cccc(NC(=O)Cc2c(F)c(F)c(F)c(F)c2F)c1. The number of Topliss-reactive ketones (excluding diaryl/α,β-unsaturated/α-hetero) is 1. The van der Waals surface area contributed by atoms with Gasteiger partial charge in [0.25, 0.3) is 0 Å². The Bertz CT molecular complexity index is 806. The van der Waals surface area contributed by atoms with Gasteiger partial charge in [-0.1, -0.05) is 12.1 Å². The van der Waals surface area contributed by atoms with E-state index in [1.165, 1.54) is 31.2 Å². The molecule has 24 heavy (non-hydrogen) atoms. The molecule has 0 aliphatic rings. The van der Waals surface area contributed by atoms with Crippen LogP contribution in [0.25, 0.3) is 0 Å². The Morgan fingerprint density at radius 2 is 1.46 bits per heavy atom. The Morgan fingerprint density at radius 1 is 0.917 bits per heavy atom. The van der Waals surface area contributed by atoms with Crippen LogP contribution in [0.1, 0.15) is 22.8 Å². The number of carbonyl (C=O) groups excluding carboxylic acids is 2. The van der Waals surface area contributed by atoms with Crippen LogP contribution in [-0.4, -0.2) is 11.7 Å². The number of benzene rings is 2. The highest BCUT2D eigenvalue weighted by atomic mass is 19.2. The van der Waals surface area contributed by atoms with Gasteiger partial charge in [0.1, 0.15) is 0 Å². The summed E-state index contributed by atoms with van der Waals surface area (Å²) in [6.45, 7) is 1.30. The van der Waals surface area contributed by atoms with Crippen molar-refractivity contribution in [2.45, 2.75) is 13.3 Å². The molecule has 0 fully saturated rings. The summed E-state index contributed by atoms with van der Waals surface area (Å²) in [4.78, 5) is 23.0. The lowest BCUT2D eigenvalue weighted by atomic mass is 10.1. The molecule has 0 atom stereocenters. The molecule has 0 unspecified atom stereocenters. The van der Waals surface area contributed by atoms with Crippen LogP contribution >= 0.6 is 0 Å². The van der Waals surface area contributed by atoms with Crippen molar-refractivity contribution >= 4 is 17.4 Å². The first-order chi connectivity index (χ1) is 11.2. The fourth-order valence-electron chi connectivity index (χ4n) is 1.99. The Balaban J connectivity index is 2.25. The summed E-state index contributed by atoms with van der Waals surface area (Å²) in [5, 5.41) is 2.23. The number of hydrogen-bond acceptors (Lipinski definition) is 2. The lowest BCUT2D eigenvalue weighted by molar-refractivity contribution is -0.115. The lowest BCUT2D eigenvalue weighted by Gasteiger charge is -2.09. The van der Waals surface area contributed by atoms with Crippen LogP contribution in [0.15, 0.2) is 24.3 Å². The number of nitrogens with one attached hydrogen (secondary N) is 1. The first-order valence-electron chi connectivity index (χ1n) is 6.63. The molecule has 0 heterocycles. The largest absolute Gasteiger partial charge is 0.326 e. The van der Waals surface area contributed by atoms with Gasteiger partial charge in [0.15, 0.2) is 29.1 Å². The minimum Gasteiger partial charge on any atom is -0.326 e. The normalized spacial score (nSPS) is 10.6. The quantitative estimate of drug-likeness (QED) is 0.398. The molecule has 2 rings (SSSR count). The fourth-order valence-corrected chi connectivity index (χ4v) is 1.99. The third-order valence-electron chi connectivity index (χ3n) is 3.19. The molecule has 0 bridgehead atoms. The van der Waals surface area contributed by atoms with E-state index < -0.39 is 47.0 Å². The van der Waals surface area contributed by atoms with Gasteiger partial charge in [0, 0.05) is 16.8 Å². The molecular formula is C16H10F5NO2. The van der Waals surface area contributed by atoms with E-state index >= 15 is 0 Å². The third-order valence-corrected chi connectivity index (χ3v) is 3.19. The molecule has 0 saturated heterocycles. The Morgan fingerprint density at radius 3 is 2.00 bits per heavy atom. The molecule has 8 heteroatoms. The number of halogens is 5. The zero-order chi connectivity index (χ0) is 18.0. The van der Waals surface area contributed by atoms with Crippen LogP contribution in [0.5, 0.6) is 0 Å². The van der Waals surface area contributed by atoms with E-state index in [0.717, 1.165) is 0 Å². The predicted molar refractivity (Wildman–Crippen MR) is 75.0 cm³/mol. The second kappa shape index (κ2) is 6.77. The van der Waals surface area contributed by atoms with Crippen LogP contribution in [-0.2, 0) is 11.2 Å². The number of carbonyl (C=O) groups is 2. The molecule has 126 valence electrons. The number of hydrogen-bond donors (Lipinski definition) is 1. The van der Waals surface area contributed by atoms with Crippen LogP contribution in [0.2, 0.25) is 0 Å². The molecule has 0 aliphatic heterocycles. The van der Waals surface area contributed by atoms with E-state index in [-0.39, 0.29) is 17.0 Å². The van der Waals surface area contributed by atoms with Gasteiger partial charge in [-0.05, 0) is 19.1 Å². The first-order valence-corrected chi connectivity index (χ1v) is 6.63. The highest BCUT2D eigenvalue weighted by Gasteiger charge is 2.26. The third kappa shape index (κ3) is 3.42. The van der Waals surface area contributed by atoms with E-state index in [1.54, 1.807) is 0 Å². The summed E-state index contributed by atoms with van der Waals surface area (Å²) >= 11 is 0. The molecule has 0 radical (unpaired) electrons. The second-order valence-corrected chi connectivity index (χ2v) is 4.91. The summed E-state index contributed by atoms with van der Waals surface area (Å²) in [7, 11) is 0. The molecule has 0 aliphatic carbocycles. The maximum Gasteiger partial charge on any atom is 0.229 e. The van der Waals surface area contributed by atoms with Crippen LogP contribution in [0.3, 0.4) is 0 Å². The van der Waals surface area contributed by atoms with Crippen molar-refractivity contribution in [3.63, 3.8) is 0 Å². The van der Waals surface area contributed by atoms with Crippen molar-refractivity contribution in [3.05, 3.63) is 64.5 Å². The molecule has 0 spiro atoms. The maximum absolute atomic E-state index is 13.5. The molecule has 3 nitrogen and oxygen atoms in total. The molecule has 2 aromatic rings. The van der Waals surface area contributed by atoms with Crippen molar-refractivity contribution in [3.8, 4) is 0 Å². The van der Waals surface area contributed by atoms with E-state index in [0.29, 0.717) is 0 Å². The van der Waals surface area contributed by atoms with E-state index in [1.807, 2.05) is 0 Å². The van der Waals surface area contributed by atoms with Crippen molar-refractivity contribution in [2.24, 2.45) is 0 Å². The van der Waals surface area contributed by atoms with E-state index in [4.69, 9.17) is 0 Å². The van der Waals surface area contributed by atoms with Gasteiger partial charge >= 0.3 is 0 Å². The van der Waals surface area contributed by atoms with Crippen molar-refractivity contribution in [2.75, 3.05) is 5.32 Å². The summed E-state index contributed by atoms with van der Waals surface area (Å²) in [5.74, 6) is -11.9. The number of ketones is 1. The summed E-state index contributed by atoms with van der Waals surface area (Å²) < 4.78 is 66.2. The van der Waals surface area contributed by atoms with E-state index in [9.17, 15) is 31.5 Å². The Hall–Kier alpha value is -2.77. The molecule has 1 amide bonds. The summed E-state index contributed by atoms with van der Waals surface area (Å²) in [6.07, 6.45) is -1.06. The predicted octanol–water partition coefficient (Wildman–Crippen LogP) is 3.77. The van der Waals surface area contributed by atoms with Gasteiger partial charge in [-0.15, -0.1) is 0 Å². The molecular weight excluding hydrogens is 333 g/mol. The summed E-state index contributed by atoms with van der Waals surface area (Å²) in [6, 6.07) is 5.68. The first kappa shape index (κ1) is 17.6. The zero-order valence-corrected chi connectivity index (χ0v) is 12.2. The average molecular weight is 343 g/mol. The van der Waals surface area contributed by atoms with Crippen LogP contribution < -0.4 is 5.32 Å². The number of anilines is 1. The highest BCUT2D eigenvalue weighted by Crippen LogP contribution is 2.23. The van der Waals surface area contributed by atoms with Gasteiger partial charge in [-0.25, -0.2) is 22.0 Å². The van der Waals surface area contributed by atoms with Gasteiger partial charge in [-0.2, -0.15) is 0 Å². The topological polar surface area (TPSA) is 46.2 Å². The monoisotopic (exact) mass is 343 g/mol. The van der Waals surface area contributed by atoms with Crippen LogP contribution in [0.4, 0.5) is 27.6 Å². The Labute approximate surface area is 133 Å². The van der Waals surface area contributed by atoms with Crippen molar-refractivity contribution in [1.82, 2.24) is 0 Å². The number of rotatable bonds is 4. The van der Waals surface area contributed by atoms with Gasteiger partial charge in [0.2, 0.25) is 11.7 Å². The van der Waals surface area contributed by atoms with Crippen molar-refractivity contribution in [1.29, 1.82) is 0 Å². The van der Waals surface area contributed by atoms with Gasteiger partial charge in [0.05, 0.1) is 6.42 Å². The zero-order valence-electron chi connectivity index (χ0n) is 12.2. The molecule has 1 N–H and O–H groups in total. The highest BCUT2D eigenvalue weighted by molar-refractivity contribution is 5.97. The molecule has 0 saturated carbocycles. The average Bonchev–Trinajstić information content (AvgIpc) is 2.55. The minimum absolute atomic E-state index is 0.150. The summed E-state index contributed by atoms with van der Waals surface area (Å²) in [5.41, 5.74) is -0.799. The Kier molecular flexibility index (Phi) is 4.96. The lowest BCUT2D eigenvalue weighted by Crippen LogP contribution is -2.18. The van der Waals surface area contributed by atoms with Crippen molar-refractivity contribution < 1.29 is 31.5 Å². The minimum atomic E-state index is -2.29. The standard InChI is InChI=1S/C16H10F5NO2/c1-7(23)8-3-2-4-9(5-8)22-11(24)6-10-12(17)14(19)16(21)15(20)13(10)18/h2-5H,6H2,1H3,(H,22,24). The number of amides is 1. The fraction of sp³-hybridized carbons (Fsp3) is 0.125.